The Morgan fingerprint density at radius 2 is 2.26 bits per heavy atom. The van der Waals surface area contributed by atoms with Gasteiger partial charge >= 0.3 is 5.97 Å². The fourth-order valence-electron chi connectivity index (χ4n) is 1.44. The highest BCUT2D eigenvalue weighted by Gasteiger charge is 2.12. The molecule has 9 heteroatoms. The quantitative estimate of drug-likeness (QED) is 0.717. The monoisotopic (exact) mass is 264 g/mol. The number of rotatable bonds is 5. The average molecular weight is 264 g/mol. The van der Waals surface area contributed by atoms with Crippen LogP contribution in [-0.4, -0.2) is 41.8 Å². The van der Waals surface area contributed by atoms with Crippen LogP contribution >= 0.6 is 0 Å². The number of aromatic nitrogens is 5. The Morgan fingerprint density at radius 3 is 2.89 bits per heavy atom. The number of carboxylic acids is 1. The third kappa shape index (κ3) is 3.37. The minimum atomic E-state index is -1.05. The molecule has 0 aliphatic carbocycles. The summed E-state index contributed by atoms with van der Waals surface area (Å²) >= 11 is 0. The van der Waals surface area contributed by atoms with Gasteiger partial charge in [-0.2, -0.15) is 5.10 Å². The zero-order valence-electron chi connectivity index (χ0n) is 10.1. The topological polar surface area (TPSA) is 115 Å². The summed E-state index contributed by atoms with van der Waals surface area (Å²) < 4.78 is 2.71. The second-order valence-corrected chi connectivity index (χ2v) is 3.86. The van der Waals surface area contributed by atoms with Crippen molar-refractivity contribution < 1.29 is 14.7 Å². The molecule has 2 aromatic heterocycles. The van der Waals surface area contributed by atoms with Gasteiger partial charge < -0.3 is 10.4 Å². The van der Waals surface area contributed by atoms with Crippen LogP contribution in [0.1, 0.15) is 16.2 Å². The van der Waals surface area contributed by atoms with Crippen LogP contribution in [0.5, 0.6) is 0 Å². The Hall–Kier alpha value is -2.71. The summed E-state index contributed by atoms with van der Waals surface area (Å²) in [5.41, 5.74) is 0.783. The third-order valence-electron chi connectivity index (χ3n) is 2.27. The average Bonchev–Trinajstić information content (AvgIpc) is 2.95. The van der Waals surface area contributed by atoms with Crippen LogP contribution in [0.2, 0.25) is 0 Å². The number of carbonyl (C=O) groups is 2. The van der Waals surface area contributed by atoms with Crippen LogP contribution in [0.25, 0.3) is 0 Å². The van der Waals surface area contributed by atoms with E-state index >= 15 is 0 Å². The van der Waals surface area contributed by atoms with Gasteiger partial charge in [0.1, 0.15) is 6.54 Å². The van der Waals surface area contributed by atoms with Gasteiger partial charge in [-0.05, 0) is 6.07 Å². The highest BCUT2D eigenvalue weighted by molar-refractivity contribution is 5.91. The van der Waals surface area contributed by atoms with E-state index in [0.29, 0.717) is 5.69 Å². The van der Waals surface area contributed by atoms with E-state index in [2.05, 4.69) is 20.7 Å². The van der Waals surface area contributed by atoms with Gasteiger partial charge in [0.25, 0.3) is 5.91 Å². The molecular formula is C10H12N6O3. The van der Waals surface area contributed by atoms with Gasteiger partial charge in [0.2, 0.25) is 0 Å². The molecule has 2 N–H and O–H groups in total. The highest BCUT2D eigenvalue weighted by atomic mass is 16.4. The largest absolute Gasteiger partial charge is 0.480 e. The number of hydrogen-bond acceptors (Lipinski definition) is 5. The lowest BCUT2D eigenvalue weighted by molar-refractivity contribution is -0.137. The highest BCUT2D eigenvalue weighted by Crippen LogP contribution is 1.96. The van der Waals surface area contributed by atoms with Crippen molar-refractivity contribution in [2.75, 3.05) is 0 Å². The second-order valence-electron chi connectivity index (χ2n) is 3.86. The third-order valence-corrected chi connectivity index (χ3v) is 2.27. The first-order chi connectivity index (χ1) is 9.04. The van der Waals surface area contributed by atoms with E-state index in [1.807, 2.05) is 0 Å². The molecule has 0 aliphatic rings. The van der Waals surface area contributed by atoms with Crippen LogP contribution in [0.15, 0.2) is 18.5 Å². The maximum atomic E-state index is 11.7. The summed E-state index contributed by atoms with van der Waals surface area (Å²) in [7, 11) is 1.78. The summed E-state index contributed by atoms with van der Waals surface area (Å²) in [6.45, 7) is -0.0635. The Morgan fingerprint density at radius 1 is 1.47 bits per heavy atom. The molecule has 0 fully saturated rings. The smallest absolute Gasteiger partial charge is 0.325 e. The fourth-order valence-corrected chi connectivity index (χ4v) is 1.44. The number of carbonyl (C=O) groups excluding carboxylic acids is 1. The molecule has 9 nitrogen and oxygen atoms in total. The standard InChI is InChI=1S/C10H12N6O3/c1-15-3-2-7(13-15)4-11-10(19)8-5-16(14-12-8)6-9(17)18/h2-3,5H,4,6H2,1H3,(H,11,19)(H,17,18). The van der Waals surface area contributed by atoms with E-state index in [0.717, 1.165) is 4.68 Å². The van der Waals surface area contributed by atoms with Crippen LogP contribution in [-0.2, 0) is 24.9 Å². The van der Waals surface area contributed by atoms with Crippen LogP contribution in [0, 0.1) is 0 Å². The molecule has 100 valence electrons. The molecule has 0 aromatic carbocycles. The van der Waals surface area contributed by atoms with Crippen LogP contribution in [0.3, 0.4) is 0 Å². The van der Waals surface area contributed by atoms with Gasteiger partial charge in [0.15, 0.2) is 5.69 Å². The molecule has 19 heavy (non-hydrogen) atoms. The van der Waals surface area contributed by atoms with Crippen molar-refractivity contribution in [3.63, 3.8) is 0 Å². The lowest BCUT2D eigenvalue weighted by atomic mass is 10.4. The van der Waals surface area contributed by atoms with Gasteiger partial charge in [-0.15, -0.1) is 5.10 Å². The van der Waals surface area contributed by atoms with Gasteiger partial charge in [-0.1, -0.05) is 5.21 Å². The Balaban J connectivity index is 1.92. The molecule has 0 radical (unpaired) electrons. The van der Waals surface area contributed by atoms with E-state index in [-0.39, 0.29) is 18.8 Å². The number of aliphatic carboxylic acids is 1. The lowest BCUT2D eigenvalue weighted by Gasteiger charge is -1.99. The molecule has 0 atom stereocenters. The van der Waals surface area contributed by atoms with Gasteiger partial charge in [0, 0.05) is 13.2 Å². The molecule has 0 unspecified atom stereocenters. The maximum absolute atomic E-state index is 11.7. The fraction of sp³-hybridized carbons (Fsp3) is 0.300. The number of hydrogen-bond donors (Lipinski definition) is 2. The van der Waals surface area contributed by atoms with Gasteiger partial charge in [-0.3, -0.25) is 14.3 Å². The zero-order valence-corrected chi connectivity index (χ0v) is 10.1. The van der Waals surface area contributed by atoms with E-state index in [1.54, 1.807) is 24.0 Å². The predicted molar refractivity (Wildman–Crippen MR) is 62.0 cm³/mol. The van der Waals surface area contributed by atoms with E-state index in [1.165, 1.54) is 6.20 Å². The molecule has 0 bridgehead atoms. The van der Waals surface area contributed by atoms with Crippen molar-refractivity contribution in [2.24, 2.45) is 7.05 Å². The molecule has 2 rings (SSSR count). The van der Waals surface area contributed by atoms with Crippen molar-refractivity contribution >= 4 is 11.9 Å². The Bertz CT molecular complexity index is 602. The minimum Gasteiger partial charge on any atom is -0.480 e. The van der Waals surface area contributed by atoms with E-state index in [9.17, 15) is 9.59 Å². The van der Waals surface area contributed by atoms with Crippen LogP contribution < -0.4 is 5.32 Å². The molecule has 0 spiro atoms. The zero-order chi connectivity index (χ0) is 13.8. The predicted octanol–water partition coefficient (Wildman–Crippen LogP) is -0.974. The molecule has 0 saturated heterocycles. The second kappa shape index (κ2) is 5.29. The van der Waals surface area contributed by atoms with Gasteiger partial charge in [-0.25, -0.2) is 4.68 Å². The van der Waals surface area contributed by atoms with Gasteiger partial charge in [0.05, 0.1) is 18.4 Å². The number of aryl methyl sites for hydroxylation is 1. The summed E-state index contributed by atoms with van der Waals surface area (Å²) in [5, 5.41) is 22.4. The van der Waals surface area contributed by atoms with Crippen molar-refractivity contribution in [1.82, 2.24) is 30.1 Å². The SMILES string of the molecule is Cn1ccc(CNC(=O)c2cn(CC(=O)O)nn2)n1. The normalized spacial score (nSPS) is 10.4. The number of carboxylic acid groups (broad SMARTS) is 1. The Labute approximate surface area is 107 Å². The molecule has 2 heterocycles. The van der Waals surface area contributed by atoms with Crippen molar-refractivity contribution in [1.29, 1.82) is 0 Å². The first-order valence-electron chi connectivity index (χ1n) is 5.43. The molecular weight excluding hydrogens is 252 g/mol. The van der Waals surface area contributed by atoms with E-state index in [4.69, 9.17) is 5.11 Å². The molecule has 2 aromatic rings. The Kier molecular flexibility index (Phi) is 3.55. The number of amides is 1. The summed E-state index contributed by atoms with van der Waals surface area (Å²) in [5.74, 6) is -1.48. The maximum Gasteiger partial charge on any atom is 0.325 e. The minimum absolute atomic E-state index is 0.0668. The molecule has 0 saturated carbocycles. The van der Waals surface area contributed by atoms with E-state index < -0.39 is 11.9 Å². The number of nitrogens with one attached hydrogen (secondary N) is 1. The summed E-state index contributed by atoms with van der Waals surface area (Å²) in [4.78, 5) is 22.2. The summed E-state index contributed by atoms with van der Waals surface area (Å²) in [6.07, 6.45) is 3.05. The van der Waals surface area contributed by atoms with Crippen molar-refractivity contribution in [2.45, 2.75) is 13.1 Å². The molecule has 1 amide bonds. The first kappa shape index (κ1) is 12.7. The van der Waals surface area contributed by atoms with Crippen molar-refractivity contribution in [3.8, 4) is 0 Å². The molecule has 0 aliphatic heterocycles. The first-order valence-corrected chi connectivity index (χ1v) is 5.43. The van der Waals surface area contributed by atoms with Crippen LogP contribution in [0.4, 0.5) is 0 Å². The lowest BCUT2D eigenvalue weighted by Crippen LogP contribution is -2.23. The summed E-state index contributed by atoms with van der Waals surface area (Å²) in [6, 6.07) is 1.78. The van der Waals surface area contributed by atoms with Crippen molar-refractivity contribution in [3.05, 3.63) is 29.8 Å². The number of nitrogens with zero attached hydrogens (tertiary/aromatic N) is 5.